The summed E-state index contributed by atoms with van der Waals surface area (Å²) in [5, 5.41) is 3.21. The molecule has 0 aliphatic heterocycles. The molecule has 1 aromatic carbocycles. The SMILES string of the molecule is [C-]#[N+]c1c(N)ncnc1NC(C)c1cn2ccc(Cl)c2c(=O)n1-c1cc(F)cc(F)c1. The number of nitrogens with one attached hydrogen (secondary N) is 1. The Morgan fingerprint density at radius 2 is 1.97 bits per heavy atom. The van der Waals surface area contributed by atoms with Crippen LogP contribution in [0, 0.1) is 18.2 Å². The zero-order valence-corrected chi connectivity index (χ0v) is 16.7. The average molecular weight is 442 g/mol. The molecule has 0 aliphatic carbocycles. The van der Waals surface area contributed by atoms with Crippen molar-refractivity contribution in [1.82, 2.24) is 18.9 Å². The largest absolute Gasteiger partial charge is 0.392 e. The van der Waals surface area contributed by atoms with Gasteiger partial charge in [0.15, 0.2) is 0 Å². The van der Waals surface area contributed by atoms with Crippen LogP contribution in [-0.4, -0.2) is 18.9 Å². The first-order chi connectivity index (χ1) is 14.8. The summed E-state index contributed by atoms with van der Waals surface area (Å²) >= 11 is 6.16. The van der Waals surface area contributed by atoms with Gasteiger partial charge in [-0.2, -0.15) is 0 Å². The molecule has 0 saturated heterocycles. The van der Waals surface area contributed by atoms with Gasteiger partial charge in [-0.25, -0.2) is 23.6 Å². The number of hydrogen-bond donors (Lipinski definition) is 2. The quantitative estimate of drug-likeness (QED) is 0.464. The van der Waals surface area contributed by atoms with Crippen LogP contribution in [0.4, 0.5) is 26.1 Å². The van der Waals surface area contributed by atoms with Crippen molar-refractivity contribution in [1.29, 1.82) is 0 Å². The third kappa shape index (κ3) is 3.55. The zero-order chi connectivity index (χ0) is 22.3. The lowest BCUT2D eigenvalue weighted by atomic mass is 10.2. The highest BCUT2D eigenvalue weighted by atomic mass is 35.5. The van der Waals surface area contributed by atoms with Gasteiger partial charge in [0.1, 0.15) is 35.1 Å². The molecule has 3 N–H and O–H groups in total. The molecule has 1 atom stereocenters. The minimum atomic E-state index is -0.839. The van der Waals surface area contributed by atoms with E-state index in [9.17, 15) is 13.6 Å². The Hall–Kier alpha value is -3.97. The number of nitrogen functional groups attached to an aromatic ring is 1. The van der Waals surface area contributed by atoms with E-state index < -0.39 is 23.2 Å². The van der Waals surface area contributed by atoms with Crippen molar-refractivity contribution in [3.05, 3.63) is 87.1 Å². The number of fused-ring (bicyclic) bond motifs is 1. The Kier molecular flexibility index (Phi) is 5.04. The molecule has 0 saturated carbocycles. The molecule has 4 rings (SSSR count). The number of rotatable bonds is 4. The zero-order valence-electron chi connectivity index (χ0n) is 16.0. The molecule has 0 amide bonds. The van der Waals surface area contributed by atoms with E-state index >= 15 is 0 Å². The van der Waals surface area contributed by atoms with E-state index in [0.29, 0.717) is 11.8 Å². The number of hydrogen-bond acceptors (Lipinski definition) is 5. The van der Waals surface area contributed by atoms with Crippen LogP contribution in [0.3, 0.4) is 0 Å². The standard InChI is InChI=1S/C20H14ClF2N7O/c1-10(28-19-16(25-2)18(24)26-9-27-19)15-8-29-4-3-14(21)17(29)20(31)30(15)13-6-11(22)5-12(23)7-13/h3-10H,1H3,(H3,24,26,27,28). The first-order valence-corrected chi connectivity index (χ1v) is 9.31. The second-order valence-corrected chi connectivity index (χ2v) is 7.08. The number of halogens is 3. The maximum Gasteiger partial charge on any atom is 0.281 e. The van der Waals surface area contributed by atoms with Gasteiger partial charge in [-0.05, 0) is 25.1 Å². The van der Waals surface area contributed by atoms with Gasteiger partial charge < -0.3 is 15.5 Å². The Bertz CT molecular complexity index is 1400. The molecule has 1 unspecified atom stereocenters. The van der Waals surface area contributed by atoms with E-state index in [-0.39, 0.29) is 33.5 Å². The normalized spacial score (nSPS) is 12.0. The highest BCUT2D eigenvalue weighted by Gasteiger charge is 2.21. The second kappa shape index (κ2) is 7.70. The van der Waals surface area contributed by atoms with Gasteiger partial charge in [0.05, 0.1) is 29.0 Å². The summed E-state index contributed by atoms with van der Waals surface area (Å²) < 4.78 is 30.6. The van der Waals surface area contributed by atoms with Gasteiger partial charge in [0, 0.05) is 18.5 Å². The first-order valence-electron chi connectivity index (χ1n) is 8.93. The Labute approximate surface area is 179 Å². The van der Waals surface area contributed by atoms with Crippen LogP contribution >= 0.6 is 11.6 Å². The Balaban J connectivity index is 1.94. The van der Waals surface area contributed by atoms with Crippen molar-refractivity contribution < 1.29 is 8.78 Å². The fourth-order valence-corrected chi connectivity index (χ4v) is 3.53. The number of aromatic nitrogens is 4. The van der Waals surface area contributed by atoms with Crippen molar-refractivity contribution in [3.8, 4) is 5.69 Å². The summed E-state index contributed by atoms with van der Waals surface area (Å²) in [6.45, 7) is 9.01. The molecule has 0 radical (unpaired) electrons. The minimum absolute atomic E-state index is 0.00284. The summed E-state index contributed by atoms with van der Waals surface area (Å²) in [6.07, 6.45) is 4.40. The molecule has 0 spiro atoms. The molecular formula is C20H14ClF2N7O. The fraction of sp³-hybridized carbons (Fsp3) is 0.100. The smallest absolute Gasteiger partial charge is 0.281 e. The van der Waals surface area contributed by atoms with Gasteiger partial charge in [-0.15, -0.1) is 0 Å². The molecule has 11 heteroatoms. The van der Waals surface area contributed by atoms with Gasteiger partial charge in [-0.1, -0.05) is 11.6 Å². The molecule has 8 nitrogen and oxygen atoms in total. The van der Waals surface area contributed by atoms with Crippen LogP contribution in [-0.2, 0) is 0 Å². The molecule has 31 heavy (non-hydrogen) atoms. The molecule has 3 aromatic heterocycles. The first kappa shape index (κ1) is 20.3. The maximum absolute atomic E-state index is 13.9. The van der Waals surface area contributed by atoms with Gasteiger partial charge in [-0.3, -0.25) is 9.36 Å². The molecule has 4 aromatic rings. The lowest BCUT2D eigenvalue weighted by molar-refractivity contribution is 0.580. The third-order valence-electron chi connectivity index (χ3n) is 4.67. The molecule has 156 valence electrons. The number of nitrogens with zero attached hydrogens (tertiary/aromatic N) is 5. The topological polar surface area (TPSA) is 94.6 Å². The second-order valence-electron chi connectivity index (χ2n) is 6.68. The summed E-state index contributed by atoms with van der Waals surface area (Å²) in [5.74, 6) is -1.52. The van der Waals surface area contributed by atoms with Crippen molar-refractivity contribution in [2.45, 2.75) is 13.0 Å². The van der Waals surface area contributed by atoms with E-state index in [1.54, 1.807) is 25.4 Å². The summed E-state index contributed by atoms with van der Waals surface area (Å²) in [6, 6.07) is 3.70. The predicted molar refractivity (Wildman–Crippen MR) is 113 cm³/mol. The lowest BCUT2D eigenvalue weighted by Gasteiger charge is -2.21. The Morgan fingerprint density at radius 3 is 2.65 bits per heavy atom. The lowest BCUT2D eigenvalue weighted by Crippen LogP contribution is -2.27. The van der Waals surface area contributed by atoms with E-state index in [1.165, 1.54) is 10.7 Å². The Morgan fingerprint density at radius 1 is 1.26 bits per heavy atom. The maximum atomic E-state index is 13.9. The molecule has 0 bridgehead atoms. The van der Waals surface area contributed by atoms with Crippen LogP contribution in [0.2, 0.25) is 5.02 Å². The fourth-order valence-electron chi connectivity index (χ4n) is 3.29. The van der Waals surface area contributed by atoms with Crippen LogP contribution in [0.5, 0.6) is 0 Å². The van der Waals surface area contributed by atoms with Gasteiger partial charge in [0.25, 0.3) is 11.2 Å². The minimum Gasteiger partial charge on any atom is -0.392 e. The van der Waals surface area contributed by atoms with E-state index in [1.807, 2.05) is 0 Å². The van der Waals surface area contributed by atoms with Crippen molar-refractivity contribution in [3.63, 3.8) is 0 Å². The van der Waals surface area contributed by atoms with E-state index in [2.05, 4.69) is 20.1 Å². The van der Waals surface area contributed by atoms with Crippen LogP contribution in [0.15, 0.2) is 47.8 Å². The number of benzene rings is 1. The summed E-state index contributed by atoms with van der Waals surface area (Å²) in [4.78, 5) is 24.5. The molecule has 3 heterocycles. The van der Waals surface area contributed by atoms with Crippen molar-refractivity contribution >= 4 is 34.4 Å². The molecule has 0 aliphatic rings. The van der Waals surface area contributed by atoms with Crippen LogP contribution in [0.25, 0.3) is 16.0 Å². The highest BCUT2D eigenvalue weighted by Crippen LogP contribution is 2.31. The predicted octanol–water partition coefficient (Wildman–Crippen LogP) is 4.12. The van der Waals surface area contributed by atoms with Crippen LogP contribution in [0.1, 0.15) is 18.7 Å². The number of anilines is 2. The van der Waals surface area contributed by atoms with Crippen LogP contribution < -0.4 is 16.6 Å². The average Bonchev–Trinajstić information content (AvgIpc) is 3.08. The number of nitrogens with two attached hydrogens (primary N) is 1. The van der Waals surface area contributed by atoms with E-state index in [0.717, 1.165) is 16.7 Å². The molecule has 0 fully saturated rings. The third-order valence-corrected chi connectivity index (χ3v) is 4.97. The highest BCUT2D eigenvalue weighted by molar-refractivity contribution is 6.33. The van der Waals surface area contributed by atoms with Gasteiger partial charge >= 0.3 is 0 Å². The van der Waals surface area contributed by atoms with Crippen molar-refractivity contribution in [2.75, 3.05) is 11.1 Å². The summed E-state index contributed by atoms with van der Waals surface area (Å²) in [5.41, 5.74) is 5.66. The van der Waals surface area contributed by atoms with Crippen molar-refractivity contribution in [2.24, 2.45) is 0 Å². The molecular weight excluding hydrogens is 428 g/mol. The van der Waals surface area contributed by atoms with E-state index in [4.69, 9.17) is 23.9 Å². The monoisotopic (exact) mass is 441 g/mol. The summed E-state index contributed by atoms with van der Waals surface area (Å²) in [7, 11) is 0. The van der Waals surface area contributed by atoms with Gasteiger partial charge in [0.2, 0.25) is 0 Å².